The SMILES string of the molecule is CC(C)(C)Nc1nc(Nc2ccc(-c3ccc4[nH]ccc4c3)cc2)nc2nc[nH]c12. The topological polar surface area (TPSA) is 94.3 Å². The minimum atomic E-state index is -0.133. The highest BCUT2D eigenvalue weighted by Gasteiger charge is 2.16. The highest BCUT2D eigenvalue weighted by atomic mass is 15.2. The summed E-state index contributed by atoms with van der Waals surface area (Å²) < 4.78 is 0. The van der Waals surface area contributed by atoms with Gasteiger partial charge in [0.2, 0.25) is 5.95 Å². The fraction of sp³-hybridized carbons (Fsp3) is 0.174. The third kappa shape index (κ3) is 3.57. The first-order valence-corrected chi connectivity index (χ1v) is 9.88. The number of benzene rings is 2. The van der Waals surface area contributed by atoms with Gasteiger partial charge in [0.15, 0.2) is 11.5 Å². The van der Waals surface area contributed by atoms with Crippen LogP contribution in [-0.2, 0) is 0 Å². The van der Waals surface area contributed by atoms with Crippen molar-refractivity contribution in [3.05, 3.63) is 61.1 Å². The Morgan fingerprint density at radius 2 is 1.67 bits per heavy atom. The number of fused-ring (bicyclic) bond motifs is 2. The first kappa shape index (κ1) is 18.2. The fourth-order valence-corrected chi connectivity index (χ4v) is 3.44. The van der Waals surface area contributed by atoms with Crippen molar-refractivity contribution in [3.8, 4) is 11.1 Å². The number of H-pyrrole nitrogens is 2. The minimum absolute atomic E-state index is 0.133. The van der Waals surface area contributed by atoms with Crippen molar-refractivity contribution in [2.75, 3.05) is 10.6 Å². The van der Waals surface area contributed by atoms with E-state index in [1.807, 2.05) is 18.3 Å². The average molecular weight is 397 g/mol. The highest BCUT2D eigenvalue weighted by Crippen LogP contribution is 2.27. The number of imidazole rings is 1. The van der Waals surface area contributed by atoms with Gasteiger partial charge in [-0.25, -0.2) is 4.98 Å². The Labute approximate surface area is 174 Å². The Hall–Kier alpha value is -3.87. The second-order valence-electron chi connectivity index (χ2n) is 8.35. The summed E-state index contributed by atoms with van der Waals surface area (Å²) in [5.74, 6) is 1.23. The maximum Gasteiger partial charge on any atom is 0.231 e. The van der Waals surface area contributed by atoms with Crippen LogP contribution in [-0.4, -0.2) is 30.5 Å². The zero-order chi connectivity index (χ0) is 20.7. The minimum Gasteiger partial charge on any atom is -0.364 e. The van der Waals surface area contributed by atoms with Crippen molar-refractivity contribution in [3.63, 3.8) is 0 Å². The van der Waals surface area contributed by atoms with Crippen LogP contribution in [0.1, 0.15) is 20.8 Å². The number of hydrogen-bond acceptors (Lipinski definition) is 5. The summed E-state index contributed by atoms with van der Waals surface area (Å²) in [7, 11) is 0. The smallest absolute Gasteiger partial charge is 0.231 e. The predicted molar refractivity (Wildman–Crippen MR) is 122 cm³/mol. The van der Waals surface area contributed by atoms with E-state index in [1.165, 1.54) is 10.9 Å². The highest BCUT2D eigenvalue weighted by molar-refractivity contribution is 5.86. The molecule has 5 rings (SSSR count). The summed E-state index contributed by atoms with van der Waals surface area (Å²) in [6, 6.07) is 16.8. The van der Waals surface area contributed by atoms with Crippen molar-refractivity contribution in [2.45, 2.75) is 26.3 Å². The van der Waals surface area contributed by atoms with Crippen molar-refractivity contribution >= 4 is 39.5 Å². The summed E-state index contributed by atoms with van der Waals surface area (Å²) in [6.45, 7) is 6.27. The Kier molecular flexibility index (Phi) is 4.17. The monoisotopic (exact) mass is 397 g/mol. The first-order chi connectivity index (χ1) is 14.4. The molecular formula is C23H23N7. The maximum atomic E-state index is 4.65. The molecule has 0 aliphatic heterocycles. The van der Waals surface area contributed by atoms with Crippen LogP contribution in [0.3, 0.4) is 0 Å². The second-order valence-corrected chi connectivity index (χ2v) is 8.35. The molecular weight excluding hydrogens is 374 g/mol. The Morgan fingerprint density at radius 3 is 2.47 bits per heavy atom. The van der Waals surface area contributed by atoms with Crippen molar-refractivity contribution < 1.29 is 0 Å². The Bertz CT molecular complexity index is 1320. The van der Waals surface area contributed by atoms with Gasteiger partial charge in [-0.2, -0.15) is 9.97 Å². The molecule has 0 aliphatic carbocycles. The molecule has 30 heavy (non-hydrogen) atoms. The molecule has 0 atom stereocenters. The predicted octanol–water partition coefficient (Wildman–Crippen LogP) is 5.46. The molecule has 7 nitrogen and oxygen atoms in total. The van der Waals surface area contributed by atoms with Gasteiger partial charge in [-0.05, 0) is 67.6 Å². The molecule has 150 valence electrons. The van der Waals surface area contributed by atoms with Gasteiger partial charge in [0.05, 0.1) is 6.33 Å². The maximum absolute atomic E-state index is 4.65. The van der Waals surface area contributed by atoms with Crippen LogP contribution in [0.15, 0.2) is 61.1 Å². The van der Waals surface area contributed by atoms with Gasteiger partial charge < -0.3 is 20.6 Å². The zero-order valence-corrected chi connectivity index (χ0v) is 17.1. The summed E-state index contributed by atoms with van der Waals surface area (Å²) in [6.07, 6.45) is 3.59. The normalized spacial score (nSPS) is 11.8. The number of rotatable bonds is 4. The lowest BCUT2D eigenvalue weighted by Gasteiger charge is -2.21. The number of nitrogens with one attached hydrogen (secondary N) is 4. The van der Waals surface area contributed by atoms with Crippen LogP contribution < -0.4 is 10.6 Å². The first-order valence-electron chi connectivity index (χ1n) is 9.88. The number of nitrogens with zero attached hydrogens (tertiary/aromatic N) is 3. The molecule has 0 saturated carbocycles. The van der Waals surface area contributed by atoms with E-state index in [0.29, 0.717) is 11.6 Å². The van der Waals surface area contributed by atoms with E-state index in [4.69, 9.17) is 0 Å². The molecule has 0 spiro atoms. The van der Waals surface area contributed by atoms with Gasteiger partial charge in [0.1, 0.15) is 5.52 Å². The molecule has 2 aromatic carbocycles. The average Bonchev–Trinajstić information content (AvgIpc) is 3.36. The van der Waals surface area contributed by atoms with E-state index in [1.54, 1.807) is 6.33 Å². The van der Waals surface area contributed by atoms with Crippen LogP contribution in [0.5, 0.6) is 0 Å². The Balaban J connectivity index is 1.42. The molecule has 7 heteroatoms. The molecule has 4 N–H and O–H groups in total. The molecule has 3 heterocycles. The van der Waals surface area contributed by atoms with Gasteiger partial charge >= 0.3 is 0 Å². The quantitative estimate of drug-likeness (QED) is 0.323. The largest absolute Gasteiger partial charge is 0.364 e. The van der Waals surface area contributed by atoms with Crippen molar-refractivity contribution in [2.24, 2.45) is 0 Å². The summed E-state index contributed by atoms with van der Waals surface area (Å²) in [5.41, 5.74) is 5.68. The molecule has 0 unspecified atom stereocenters. The van der Waals surface area contributed by atoms with E-state index >= 15 is 0 Å². The van der Waals surface area contributed by atoms with E-state index < -0.39 is 0 Å². The van der Waals surface area contributed by atoms with Crippen LogP contribution in [0.4, 0.5) is 17.5 Å². The van der Waals surface area contributed by atoms with Crippen LogP contribution in [0.2, 0.25) is 0 Å². The third-order valence-corrected chi connectivity index (χ3v) is 4.81. The molecule has 0 fully saturated rings. The standard InChI is InChI=1S/C23H23N7/c1-23(2,3)30-21-19-20(26-13-25-19)28-22(29-21)27-17-7-4-14(5-8-17)15-6-9-18-16(12-15)10-11-24-18/h4-13,24H,1-3H3,(H3,25,26,27,28,29,30). The summed E-state index contributed by atoms with van der Waals surface area (Å²) in [4.78, 5) is 19.8. The number of anilines is 3. The van der Waals surface area contributed by atoms with Crippen LogP contribution in [0, 0.1) is 0 Å². The van der Waals surface area contributed by atoms with Gasteiger partial charge in [0, 0.05) is 22.9 Å². The van der Waals surface area contributed by atoms with E-state index in [9.17, 15) is 0 Å². The van der Waals surface area contributed by atoms with Gasteiger partial charge in [-0.3, -0.25) is 0 Å². The number of aromatic nitrogens is 5. The van der Waals surface area contributed by atoms with E-state index in [0.717, 1.165) is 28.1 Å². The van der Waals surface area contributed by atoms with Crippen molar-refractivity contribution in [1.82, 2.24) is 24.9 Å². The van der Waals surface area contributed by atoms with Crippen LogP contribution in [0.25, 0.3) is 33.2 Å². The van der Waals surface area contributed by atoms with E-state index in [-0.39, 0.29) is 5.54 Å². The van der Waals surface area contributed by atoms with Gasteiger partial charge in [-0.1, -0.05) is 18.2 Å². The molecule has 0 bridgehead atoms. The molecule has 3 aromatic heterocycles. The molecule has 0 saturated heterocycles. The number of hydrogen-bond donors (Lipinski definition) is 4. The second kappa shape index (κ2) is 6.88. The van der Waals surface area contributed by atoms with Gasteiger partial charge in [0.25, 0.3) is 0 Å². The summed E-state index contributed by atoms with van der Waals surface area (Å²) >= 11 is 0. The third-order valence-electron chi connectivity index (χ3n) is 4.81. The lowest BCUT2D eigenvalue weighted by molar-refractivity contribution is 0.631. The zero-order valence-electron chi connectivity index (χ0n) is 17.1. The molecule has 0 radical (unpaired) electrons. The Morgan fingerprint density at radius 1 is 0.867 bits per heavy atom. The van der Waals surface area contributed by atoms with Crippen LogP contribution >= 0.6 is 0 Å². The molecule has 0 amide bonds. The fourth-order valence-electron chi connectivity index (χ4n) is 3.44. The lowest BCUT2D eigenvalue weighted by Crippen LogP contribution is -2.27. The van der Waals surface area contributed by atoms with Crippen molar-refractivity contribution in [1.29, 1.82) is 0 Å². The lowest BCUT2D eigenvalue weighted by atomic mass is 10.0. The molecule has 0 aliphatic rings. The summed E-state index contributed by atoms with van der Waals surface area (Å²) in [5, 5.41) is 7.91. The van der Waals surface area contributed by atoms with Gasteiger partial charge in [-0.15, -0.1) is 0 Å². The van der Waals surface area contributed by atoms with E-state index in [2.05, 4.69) is 92.7 Å². The number of aromatic amines is 2. The molecule has 5 aromatic rings.